The smallest absolute Gasteiger partial charge is 0.132 e. The molecule has 0 aromatic heterocycles. The van der Waals surface area contributed by atoms with Gasteiger partial charge in [0.1, 0.15) is 5.78 Å². The predicted molar refractivity (Wildman–Crippen MR) is 60.2 cm³/mol. The van der Waals surface area contributed by atoms with Crippen LogP contribution in [0.2, 0.25) is 0 Å². The minimum atomic E-state index is 0. The number of benzene rings is 1. The van der Waals surface area contributed by atoms with Crippen LogP contribution in [0.25, 0.3) is 0 Å². The van der Waals surface area contributed by atoms with Gasteiger partial charge in [0.15, 0.2) is 0 Å². The Morgan fingerprint density at radius 3 is 1.23 bits per heavy atom. The molecule has 1 aromatic carbocycles. The number of rotatable bonds is 0. The molecule has 0 unspecified atom stereocenters. The Labute approximate surface area is 89.9 Å². The Hall–Kier alpha value is -0.630. The summed E-state index contributed by atoms with van der Waals surface area (Å²) in [5.74, 6) is 0.454. The number of carbonyl (C=O) groups excluding carboxylic acids is 1. The van der Waals surface area contributed by atoms with Crippen molar-refractivity contribution < 1.29 is 4.79 Å². The fourth-order valence-corrected chi connectivity index (χ4v) is 1.15. The zero-order valence-electron chi connectivity index (χ0n) is 7.61. The molecule has 0 saturated heterocycles. The standard InChI is InChI=1S/C6H6.C5H8O.BrH/c1-2-4-6-5-3-1;6-5-3-1-2-4-5;/h1-6H;1-4H2;1H. The third-order valence-corrected chi connectivity index (χ3v) is 1.83. The monoisotopic (exact) mass is 242 g/mol. The predicted octanol–water partition coefficient (Wildman–Crippen LogP) is 3.39. The van der Waals surface area contributed by atoms with E-state index in [0.29, 0.717) is 5.78 Å². The van der Waals surface area contributed by atoms with Crippen molar-refractivity contribution >= 4 is 22.8 Å². The van der Waals surface area contributed by atoms with Crippen molar-refractivity contribution in [1.29, 1.82) is 0 Å². The molecule has 0 bridgehead atoms. The summed E-state index contributed by atoms with van der Waals surface area (Å²) >= 11 is 0. The SMILES string of the molecule is Br.O=C1CCCC1.c1ccccc1. The maximum atomic E-state index is 10.2. The molecule has 1 nitrogen and oxygen atoms in total. The summed E-state index contributed by atoms with van der Waals surface area (Å²) in [5.41, 5.74) is 0. The fourth-order valence-electron chi connectivity index (χ4n) is 1.15. The molecule has 0 aliphatic heterocycles. The fraction of sp³-hybridized carbons (Fsp3) is 0.364. The van der Waals surface area contributed by atoms with Gasteiger partial charge < -0.3 is 0 Å². The average molecular weight is 243 g/mol. The van der Waals surface area contributed by atoms with Crippen LogP contribution in [0.3, 0.4) is 0 Å². The number of Topliss-reactive ketones (excluding diaryl/α,β-unsaturated/α-hetero) is 1. The van der Waals surface area contributed by atoms with Gasteiger partial charge in [0, 0.05) is 12.8 Å². The molecule has 1 aromatic rings. The van der Waals surface area contributed by atoms with Gasteiger partial charge in [-0.15, -0.1) is 17.0 Å². The number of ketones is 1. The topological polar surface area (TPSA) is 17.1 Å². The number of carbonyl (C=O) groups is 1. The molecule has 0 amide bonds. The highest BCUT2D eigenvalue weighted by atomic mass is 79.9. The molecule has 0 N–H and O–H groups in total. The molecule has 1 aliphatic carbocycles. The van der Waals surface area contributed by atoms with E-state index in [9.17, 15) is 4.79 Å². The maximum Gasteiger partial charge on any atom is 0.132 e. The molecule has 0 spiro atoms. The minimum absolute atomic E-state index is 0. The number of hydrogen-bond acceptors (Lipinski definition) is 1. The van der Waals surface area contributed by atoms with E-state index in [1.54, 1.807) is 0 Å². The lowest BCUT2D eigenvalue weighted by Crippen LogP contribution is -1.81. The molecular formula is C11H15BrO. The van der Waals surface area contributed by atoms with Gasteiger partial charge in [-0.2, -0.15) is 0 Å². The summed E-state index contributed by atoms with van der Waals surface area (Å²) in [6.07, 6.45) is 3.97. The van der Waals surface area contributed by atoms with Gasteiger partial charge in [-0.25, -0.2) is 0 Å². The molecular weight excluding hydrogens is 228 g/mol. The van der Waals surface area contributed by atoms with Crippen molar-refractivity contribution in [3.8, 4) is 0 Å². The maximum absolute atomic E-state index is 10.2. The van der Waals surface area contributed by atoms with Gasteiger partial charge in [-0.3, -0.25) is 4.79 Å². The van der Waals surface area contributed by atoms with Gasteiger partial charge in [-0.1, -0.05) is 36.4 Å². The van der Waals surface area contributed by atoms with Gasteiger partial charge in [0.25, 0.3) is 0 Å². The highest BCUT2D eigenvalue weighted by molar-refractivity contribution is 8.93. The van der Waals surface area contributed by atoms with E-state index in [1.807, 2.05) is 36.4 Å². The summed E-state index contributed by atoms with van der Waals surface area (Å²) in [6, 6.07) is 12.0. The van der Waals surface area contributed by atoms with Gasteiger partial charge in [0.2, 0.25) is 0 Å². The number of halogens is 1. The van der Waals surface area contributed by atoms with Crippen LogP contribution in [0.15, 0.2) is 36.4 Å². The second-order valence-electron chi connectivity index (χ2n) is 2.90. The Balaban J connectivity index is 0.000000206. The molecule has 0 heterocycles. The lowest BCUT2D eigenvalue weighted by Gasteiger charge is -1.71. The zero-order valence-corrected chi connectivity index (χ0v) is 9.32. The van der Waals surface area contributed by atoms with Crippen molar-refractivity contribution in [1.82, 2.24) is 0 Å². The molecule has 13 heavy (non-hydrogen) atoms. The third-order valence-electron chi connectivity index (χ3n) is 1.83. The van der Waals surface area contributed by atoms with Crippen LogP contribution >= 0.6 is 17.0 Å². The summed E-state index contributed by atoms with van der Waals surface area (Å²) in [7, 11) is 0. The van der Waals surface area contributed by atoms with E-state index in [4.69, 9.17) is 0 Å². The first-order valence-electron chi connectivity index (χ1n) is 4.41. The summed E-state index contributed by atoms with van der Waals surface area (Å²) in [6.45, 7) is 0. The molecule has 1 fully saturated rings. The van der Waals surface area contributed by atoms with E-state index in [-0.39, 0.29) is 17.0 Å². The first-order chi connectivity index (χ1) is 5.89. The molecule has 2 heteroatoms. The van der Waals surface area contributed by atoms with Crippen LogP contribution in [-0.4, -0.2) is 5.78 Å². The van der Waals surface area contributed by atoms with Crippen LogP contribution < -0.4 is 0 Å². The van der Waals surface area contributed by atoms with Crippen molar-refractivity contribution in [2.75, 3.05) is 0 Å². The summed E-state index contributed by atoms with van der Waals surface area (Å²) in [4.78, 5) is 10.2. The van der Waals surface area contributed by atoms with E-state index in [2.05, 4.69) is 0 Å². The summed E-state index contributed by atoms with van der Waals surface area (Å²) < 4.78 is 0. The van der Waals surface area contributed by atoms with Crippen LogP contribution in [0.5, 0.6) is 0 Å². The van der Waals surface area contributed by atoms with Gasteiger partial charge in [-0.05, 0) is 12.8 Å². The van der Waals surface area contributed by atoms with Crippen molar-refractivity contribution in [3.63, 3.8) is 0 Å². The Kier molecular flexibility index (Phi) is 7.60. The van der Waals surface area contributed by atoms with E-state index >= 15 is 0 Å². The third kappa shape index (κ3) is 6.52. The van der Waals surface area contributed by atoms with Crippen LogP contribution in [0, 0.1) is 0 Å². The molecule has 0 radical (unpaired) electrons. The molecule has 2 rings (SSSR count). The Bertz CT molecular complexity index is 186. The Morgan fingerprint density at radius 1 is 0.769 bits per heavy atom. The van der Waals surface area contributed by atoms with Crippen molar-refractivity contribution in [2.24, 2.45) is 0 Å². The minimum Gasteiger partial charge on any atom is -0.300 e. The lowest BCUT2D eigenvalue weighted by molar-refractivity contribution is -0.117. The highest BCUT2D eigenvalue weighted by Crippen LogP contribution is 2.11. The second-order valence-corrected chi connectivity index (χ2v) is 2.90. The number of hydrogen-bond donors (Lipinski definition) is 0. The zero-order chi connectivity index (χ0) is 8.65. The highest BCUT2D eigenvalue weighted by Gasteiger charge is 2.07. The van der Waals surface area contributed by atoms with Crippen molar-refractivity contribution in [3.05, 3.63) is 36.4 Å². The van der Waals surface area contributed by atoms with Crippen LogP contribution in [0.1, 0.15) is 25.7 Å². The second kappa shape index (κ2) is 7.99. The quantitative estimate of drug-likeness (QED) is 0.682. The summed E-state index contributed by atoms with van der Waals surface area (Å²) in [5, 5.41) is 0. The van der Waals surface area contributed by atoms with Crippen LogP contribution in [-0.2, 0) is 4.79 Å². The first-order valence-corrected chi connectivity index (χ1v) is 4.41. The van der Waals surface area contributed by atoms with Gasteiger partial charge >= 0.3 is 0 Å². The normalized spacial score (nSPS) is 14.0. The molecule has 1 saturated carbocycles. The lowest BCUT2D eigenvalue weighted by atomic mass is 10.4. The van der Waals surface area contributed by atoms with Crippen molar-refractivity contribution in [2.45, 2.75) is 25.7 Å². The molecule has 1 aliphatic rings. The van der Waals surface area contributed by atoms with E-state index in [1.165, 1.54) is 0 Å². The van der Waals surface area contributed by atoms with Gasteiger partial charge in [0.05, 0.1) is 0 Å². The Morgan fingerprint density at radius 2 is 1.08 bits per heavy atom. The molecule has 0 atom stereocenters. The average Bonchev–Trinajstić information content (AvgIpc) is 2.60. The molecule has 72 valence electrons. The largest absolute Gasteiger partial charge is 0.300 e. The van der Waals surface area contributed by atoms with E-state index < -0.39 is 0 Å². The van der Waals surface area contributed by atoms with E-state index in [0.717, 1.165) is 25.7 Å². The van der Waals surface area contributed by atoms with Crippen LogP contribution in [0.4, 0.5) is 0 Å². The first kappa shape index (κ1) is 12.4.